The van der Waals surface area contributed by atoms with Gasteiger partial charge in [-0.2, -0.15) is 0 Å². The van der Waals surface area contributed by atoms with Gasteiger partial charge in [-0.1, -0.05) is 25.6 Å². The molecule has 0 aliphatic heterocycles. The number of aliphatic hydroxyl groups excluding tert-OH is 1. The lowest BCUT2D eigenvalue weighted by atomic mass is 9.45. The molecule has 4 aliphatic rings. The molecule has 1 aromatic heterocycles. The number of carbonyl (C=O) groups excluding carboxylic acids is 3. The Kier molecular flexibility index (Phi) is 6.75. The molecule has 206 valence electrons. The number of nitrogens with zero attached hydrogens (tertiary/aromatic N) is 1. The fourth-order valence-electron chi connectivity index (χ4n) is 8.01. The van der Waals surface area contributed by atoms with E-state index in [2.05, 4.69) is 4.98 Å². The van der Waals surface area contributed by atoms with Crippen molar-refractivity contribution in [3.63, 3.8) is 0 Å². The van der Waals surface area contributed by atoms with Gasteiger partial charge >= 0.3 is 5.97 Å². The van der Waals surface area contributed by atoms with Crippen molar-refractivity contribution in [2.45, 2.75) is 64.9 Å². The molecule has 0 spiro atoms. The second-order valence-electron chi connectivity index (χ2n) is 11.5. The maximum atomic E-state index is 17.6. The molecule has 0 saturated heterocycles. The molecule has 11 heteroatoms. The fraction of sp³-hybridized carbons (Fsp3) is 0.630. The first-order chi connectivity index (χ1) is 17.8. The van der Waals surface area contributed by atoms with Crippen molar-refractivity contribution >= 4 is 40.0 Å². The zero-order chi connectivity index (χ0) is 27.8. The number of alkyl halides is 3. The molecule has 3 saturated carbocycles. The van der Waals surface area contributed by atoms with Gasteiger partial charge in [0, 0.05) is 11.8 Å². The molecular formula is C27H30F3NO5S2. The lowest BCUT2D eigenvalue weighted by Gasteiger charge is -2.62. The molecule has 1 unspecified atom stereocenters. The Morgan fingerprint density at radius 1 is 1.29 bits per heavy atom. The van der Waals surface area contributed by atoms with Crippen molar-refractivity contribution in [1.29, 1.82) is 0 Å². The van der Waals surface area contributed by atoms with Gasteiger partial charge in [-0.05, 0) is 68.1 Å². The van der Waals surface area contributed by atoms with E-state index in [4.69, 9.17) is 4.74 Å². The number of esters is 1. The van der Waals surface area contributed by atoms with Crippen molar-refractivity contribution in [3.05, 3.63) is 39.6 Å². The van der Waals surface area contributed by atoms with Crippen molar-refractivity contribution in [2.75, 3.05) is 6.01 Å². The minimum atomic E-state index is -2.39. The molecule has 9 atom stereocenters. The summed E-state index contributed by atoms with van der Waals surface area (Å²) in [4.78, 5) is 42.7. The third-order valence-electron chi connectivity index (χ3n) is 9.62. The number of rotatable bonds is 4. The van der Waals surface area contributed by atoms with Gasteiger partial charge in [0.2, 0.25) is 5.78 Å². The molecule has 3 fully saturated rings. The predicted molar refractivity (Wildman–Crippen MR) is 136 cm³/mol. The van der Waals surface area contributed by atoms with E-state index in [1.807, 2.05) is 13.8 Å². The molecule has 0 aromatic carbocycles. The van der Waals surface area contributed by atoms with Crippen LogP contribution in [0.15, 0.2) is 29.0 Å². The molecule has 6 nitrogen and oxygen atoms in total. The molecule has 5 rings (SSSR count). The Morgan fingerprint density at radius 2 is 2.00 bits per heavy atom. The number of aliphatic hydroxyl groups is 1. The van der Waals surface area contributed by atoms with Crippen LogP contribution in [0.5, 0.6) is 0 Å². The van der Waals surface area contributed by atoms with E-state index in [0.29, 0.717) is 23.9 Å². The van der Waals surface area contributed by atoms with Gasteiger partial charge in [0.15, 0.2) is 16.5 Å². The number of aryl methyl sites for hydroxylation is 1. The summed E-state index contributed by atoms with van der Waals surface area (Å²) < 4.78 is 51.8. The lowest BCUT2D eigenvalue weighted by Crippen LogP contribution is -2.68. The molecule has 0 radical (unpaired) electrons. The van der Waals surface area contributed by atoms with Crippen LogP contribution in [0.1, 0.15) is 55.4 Å². The number of halogens is 3. The Bertz CT molecular complexity index is 1260. The van der Waals surface area contributed by atoms with Crippen LogP contribution >= 0.6 is 23.1 Å². The van der Waals surface area contributed by atoms with Gasteiger partial charge in [-0.3, -0.25) is 9.59 Å². The number of hydrogen-bond donors (Lipinski definition) is 1. The monoisotopic (exact) mass is 569 g/mol. The van der Waals surface area contributed by atoms with E-state index in [9.17, 15) is 23.9 Å². The highest BCUT2D eigenvalue weighted by molar-refractivity contribution is 8.13. The first-order valence-corrected chi connectivity index (χ1v) is 14.5. The normalized spacial score (nSPS) is 41.9. The first kappa shape index (κ1) is 27.6. The number of thioether (sulfide) groups is 1. The molecule has 1 N–H and O–H groups in total. The minimum absolute atomic E-state index is 0.0744. The van der Waals surface area contributed by atoms with E-state index < -0.39 is 70.0 Å². The molecule has 4 aliphatic carbocycles. The number of ketones is 1. The molecular weight excluding hydrogens is 539 g/mol. The summed E-state index contributed by atoms with van der Waals surface area (Å²) in [6, 6.07) is -0.873. The molecule has 1 aromatic rings. The topological polar surface area (TPSA) is 93.6 Å². The summed E-state index contributed by atoms with van der Waals surface area (Å²) in [5.74, 6) is -4.23. The molecule has 0 amide bonds. The van der Waals surface area contributed by atoms with Crippen LogP contribution in [0.25, 0.3) is 0 Å². The van der Waals surface area contributed by atoms with Crippen molar-refractivity contribution < 1.29 is 37.4 Å². The summed E-state index contributed by atoms with van der Waals surface area (Å²) in [5.41, 5.74) is -3.23. The summed E-state index contributed by atoms with van der Waals surface area (Å²) in [5, 5.41) is 11.1. The Labute approximate surface area is 227 Å². The number of hydrogen-bond acceptors (Lipinski definition) is 8. The van der Waals surface area contributed by atoms with E-state index in [-0.39, 0.29) is 34.3 Å². The van der Waals surface area contributed by atoms with Crippen molar-refractivity contribution in [2.24, 2.45) is 34.5 Å². The largest absolute Gasteiger partial charge is 0.418 e. The summed E-state index contributed by atoms with van der Waals surface area (Å²) in [6.45, 7) is 6.72. The Hall–Kier alpha value is -1.98. The molecule has 1 heterocycles. The number of ether oxygens (including phenoxy) is 1. The summed E-state index contributed by atoms with van der Waals surface area (Å²) in [6.07, 6.45) is -1.02. The van der Waals surface area contributed by atoms with Crippen LogP contribution in [0.2, 0.25) is 0 Å². The van der Waals surface area contributed by atoms with Crippen LogP contribution in [0.3, 0.4) is 0 Å². The van der Waals surface area contributed by atoms with Gasteiger partial charge < -0.3 is 9.84 Å². The highest BCUT2D eigenvalue weighted by Gasteiger charge is 2.73. The second kappa shape index (κ2) is 9.30. The standard InChI is InChI=1S/C27H30F3NO5S2/c1-12-5-14-15-6-17(29)16-7-18(32)19(36-23(34)22-13(2)31-11-38-22)8-26(16,4)27(15,30)20(33)9-25(14,3)21(12)24(35)37-10-28/h7-8,11-12,14-15,17,20-21,33H,5-6,9-10H2,1-4H3/t12-,14+,15+,17+,20+,21-,25+,26+,27?/m1/s1. The van der Waals surface area contributed by atoms with Gasteiger partial charge in [0.05, 0.1) is 22.7 Å². The van der Waals surface area contributed by atoms with Gasteiger partial charge in [0.1, 0.15) is 17.1 Å². The van der Waals surface area contributed by atoms with E-state index >= 15 is 8.78 Å². The fourth-order valence-corrected chi connectivity index (χ4v) is 9.47. The second-order valence-corrected chi connectivity index (χ2v) is 13.3. The highest BCUT2D eigenvalue weighted by Crippen LogP contribution is 2.70. The number of aromatic nitrogens is 1. The van der Waals surface area contributed by atoms with Crippen LogP contribution in [-0.4, -0.2) is 50.9 Å². The van der Waals surface area contributed by atoms with Gasteiger partial charge in [0.25, 0.3) is 0 Å². The highest BCUT2D eigenvalue weighted by atomic mass is 32.2. The minimum Gasteiger partial charge on any atom is -0.418 e. The summed E-state index contributed by atoms with van der Waals surface area (Å²) >= 11 is 1.61. The van der Waals surface area contributed by atoms with Crippen LogP contribution in [-0.2, 0) is 14.3 Å². The maximum absolute atomic E-state index is 17.6. The predicted octanol–water partition coefficient (Wildman–Crippen LogP) is 5.30. The number of allylic oxidation sites excluding steroid dienone is 3. The molecule has 0 bridgehead atoms. The van der Waals surface area contributed by atoms with Gasteiger partial charge in [-0.15, -0.1) is 11.3 Å². The lowest BCUT2D eigenvalue weighted by molar-refractivity contribution is -0.201. The maximum Gasteiger partial charge on any atom is 0.355 e. The Balaban J connectivity index is 1.56. The molecule has 38 heavy (non-hydrogen) atoms. The zero-order valence-corrected chi connectivity index (χ0v) is 23.1. The van der Waals surface area contributed by atoms with Crippen LogP contribution < -0.4 is 0 Å². The van der Waals surface area contributed by atoms with Crippen LogP contribution in [0, 0.1) is 41.4 Å². The van der Waals surface area contributed by atoms with E-state index in [1.54, 1.807) is 6.92 Å². The SMILES string of the molecule is Cc1ncsc1C(=O)OC1=C[C@@]2(C)C(=CC1=O)[C@@H](F)C[C@H]1[C@@H]3C[C@@H](C)[C@H](C(=O)SCF)[C@@]3(C)C[C@H](O)C12F. The quantitative estimate of drug-likeness (QED) is 0.492. The third kappa shape index (κ3) is 3.71. The zero-order valence-electron chi connectivity index (χ0n) is 21.5. The third-order valence-corrected chi connectivity index (χ3v) is 11.2. The number of fused-ring (bicyclic) bond motifs is 5. The van der Waals surface area contributed by atoms with Crippen LogP contribution in [0.4, 0.5) is 13.2 Å². The first-order valence-electron chi connectivity index (χ1n) is 12.6. The average Bonchev–Trinajstić information content (AvgIpc) is 3.37. The van der Waals surface area contributed by atoms with E-state index in [1.165, 1.54) is 12.4 Å². The van der Waals surface area contributed by atoms with Crippen molar-refractivity contribution in [3.8, 4) is 0 Å². The average molecular weight is 570 g/mol. The smallest absolute Gasteiger partial charge is 0.355 e. The van der Waals surface area contributed by atoms with Gasteiger partial charge in [-0.25, -0.2) is 22.9 Å². The number of carbonyl (C=O) groups is 3. The number of thiazole rings is 1. The van der Waals surface area contributed by atoms with E-state index in [0.717, 1.165) is 23.5 Å². The van der Waals surface area contributed by atoms with Crippen molar-refractivity contribution in [1.82, 2.24) is 4.98 Å². The Morgan fingerprint density at radius 3 is 2.63 bits per heavy atom. The summed E-state index contributed by atoms with van der Waals surface area (Å²) in [7, 11) is 0.